The fourth-order valence-electron chi connectivity index (χ4n) is 1.49. The molecule has 1 aromatic carbocycles. The predicted molar refractivity (Wildman–Crippen MR) is 60.1 cm³/mol. The second kappa shape index (κ2) is 5.51. The van der Waals surface area contributed by atoms with Gasteiger partial charge in [0.2, 0.25) is 0 Å². The van der Waals surface area contributed by atoms with Gasteiger partial charge in [0, 0.05) is 6.54 Å². The lowest BCUT2D eigenvalue weighted by Crippen LogP contribution is -2.26. The first kappa shape index (κ1) is 11.7. The number of carbonyl (C=O) groups is 1. The summed E-state index contributed by atoms with van der Waals surface area (Å²) in [5, 5.41) is 11.4. The molecule has 82 valence electrons. The lowest BCUT2D eigenvalue weighted by atomic mass is 9.99. The monoisotopic (exact) mass is 207 g/mol. The molecular weight excluding hydrogens is 190 g/mol. The van der Waals surface area contributed by atoms with Crippen LogP contribution in [0.1, 0.15) is 24.0 Å². The van der Waals surface area contributed by atoms with Gasteiger partial charge in [0.05, 0.1) is 6.54 Å². The number of rotatable bonds is 5. The van der Waals surface area contributed by atoms with Gasteiger partial charge in [-0.05, 0) is 18.4 Å². The van der Waals surface area contributed by atoms with Crippen molar-refractivity contribution in [2.24, 2.45) is 0 Å². The number of carboxylic acids is 1. The van der Waals surface area contributed by atoms with Crippen molar-refractivity contribution in [2.75, 3.05) is 13.1 Å². The Balaban J connectivity index is 2.46. The van der Waals surface area contributed by atoms with E-state index in [2.05, 4.69) is 37.4 Å². The number of nitrogens with one attached hydrogen (secondary N) is 1. The summed E-state index contributed by atoms with van der Waals surface area (Å²) in [6, 6.07) is 8.28. The van der Waals surface area contributed by atoms with Crippen LogP contribution in [0.4, 0.5) is 0 Å². The summed E-state index contributed by atoms with van der Waals surface area (Å²) in [6.07, 6.45) is 0. The molecule has 0 fully saturated rings. The van der Waals surface area contributed by atoms with Crippen molar-refractivity contribution >= 4 is 5.97 Å². The Morgan fingerprint density at radius 2 is 2.27 bits per heavy atom. The molecule has 3 nitrogen and oxygen atoms in total. The maximum absolute atomic E-state index is 10.3. The van der Waals surface area contributed by atoms with Crippen molar-refractivity contribution in [2.45, 2.75) is 19.8 Å². The highest BCUT2D eigenvalue weighted by atomic mass is 16.4. The van der Waals surface area contributed by atoms with Crippen LogP contribution in [-0.4, -0.2) is 24.2 Å². The highest BCUT2D eigenvalue weighted by molar-refractivity contribution is 5.68. The van der Waals surface area contributed by atoms with Crippen molar-refractivity contribution in [3.8, 4) is 0 Å². The van der Waals surface area contributed by atoms with Crippen LogP contribution in [0.2, 0.25) is 0 Å². The van der Waals surface area contributed by atoms with Crippen LogP contribution in [-0.2, 0) is 4.79 Å². The summed E-state index contributed by atoms with van der Waals surface area (Å²) in [5.41, 5.74) is 2.48. The van der Waals surface area contributed by atoms with Crippen molar-refractivity contribution in [3.05, 3.63) is 35.4 Å². The molecule has 2 N–H and O–H groups in total. The van der Waals surface area contributed by atoms with E-state index in [1.54, 1.807) is 0 Å². The topological polar surface area (TPSA) is 49.3 Å². The van der Waals surface area contributed by atoms with Gasteiger partial charge in [-0.2, -0.15) is 0 Å². The molecule has 0 saturated heterocycles. The van der Waals surface area contributed by atoms with Crippen LogP contribution in [0.25, 0.3) is 0 Å². The number of aryl methyl sites for hydroxylation is 1. The number of hydrogen-bond donors (Lipinski definition) is 2. The summed E-state index contributed by atoms with van der Waals surface area (Å²) in [4.78, 5) is 10.3. The van der Waals surface area contributed by atoms with E-state index in [0.717, 1.165) is 0 Å². The van der Waals surface area contributed by atoms with E-state index in [0.29, 0.717) is 12.5 Å². The zero-order chi connectivity index (χ0) is 11.3. The van der Waals surface area contributed by atoms with Gasteiger partial charge in [0.1, 0.15) is 0 Å². The summed E-state index contributed by atoms with van der Waals surface area (Å²) in [5.74, 6) is -0.476. The number of carboxylic acid groups (broad SMARTS) is 1. The van der Waals surface area contributed by atoms with Crippen molar-refractivity contribution < 1.29 is 9.90 Å². The second-order valence-corrected chi connectivity index (χ2v) is 3.84. The fourth-order valence-corrected chi connectivity index (χ4v) is 1.49. The molecule has 3 heteroatoms. The molecule has 1 unspecified atom stereocenters. The maximum atomic E-state index is 10.3. The third-order valence-electron chi connectivity index (χ3n) is 2.34. The van der Waals surface area contributed by atoms with E-state index in [1.165, 1.54) is 11.1 Å². The number of hydrogen-bond acceptors (Lipinski definition) is 2. The Morgan fingerprint density at radius 3 is 2.87 bits per heavy atom. The van der Waals surface area contributed by atoms with E-state index < -0.39 is 5.97 Å². The van der Waals surface area contributed by atoms with E-state index in [9.17, 15) is 4.79 Å². The molecule has 0 aliphatic heterocycles. The van der Waals surface area contributed by atoms with Crippen LogP contribution in [0.15, 0.2) is 24.3 Å². The van der Waals surface area contributed by atoms with Gasteiger partial charge in [0.15, 0.2) is 0 Å². The van der Waals surface area contributed by atoms with Crippen LogP contribution in [0.3, 0.4) is 0 Å². The van der Waals surface area contributed by atoms with Crippen LogP contribution in [0.5, 0.6) is 0 Å². The Hall–Kier alpha value is -1.35. The van der Waals surface area contributed by atoms with Crippen LogP contribution < -0.4 is 5.32 Å². The lowest BCUT2D eigenvalue weighted by Gasteiger charge is -2.12. The minimum atomic E-state index is -0.813. The number of aliphatic carboxylic acids is 1. The summed E-state index contributed by atoms with van der Waals surface area (Å²) in [7, 11) is 0. The average molecular weight is 207 g/mol. The standard InChI is InChI=1S/C12H17NO2/c1-9-4-3-5-11(6-9)10(2)7-13-8-12(14)15/h3-6,10,13H,7-8H2,1-2H3,(H,14,15). The molecule has 0 spiro atoms. The quantitative estimate of drug-likeness (QED) is 0.773. The Bertz CT molecular complexity index is 336. The fraction of sp³-hybridized carbons (Fsp3) is 0.417. The highest BCUT2D eigenvalue weighted by Crippen LogP contribution is 2.15. The molecule has 1 rings (SSSR count). The van der Waals surface area contributed by atoms with Gasteiger partial charge in [0.25, 0.3) is 0 Å². The average Bonchev–Trinajstić information content (AvgIpc) is 2.17. The van der Waals surface area contributed by atoms with E-state index in [4.69, 9.17) is 5.11 Å². The van der Waals surface area contributed by atoms with Gasteiger partial charge in [-0.1, -0.05) is 36.8 Å². The molecule has 15 heavy (non-hydrogen) atoms. The summed E-state index contributed by atoms with van der Waals surface area (Å²) < 4.78 is 0. The highest BCUT2D eigenvalue weighted by Gasteiger charge is 2.05. The maximum Gasteiger partial charge on any atom is 0.317 e. The first-order valence-corrected chi connectivity index (χ1v) is 5.08. The van der Waals surface area contributed by atoms with Gasteiger partial charge in [-0.3, -0.25) is 4.79 Å². The third-order valence-corrected chi connectivity index (χ3v) is 2.34. The smallest absolute Gasteiger partial charge is 0.317 e. The van der Waals surface area contributed by atoms with Gasteiger partial charge in [-0.25, -0.2) is 0 Å². The lowest BCUT2D eigenvalue weighted by molar-refractivity contribution is -0.135. The first-order chi connectivity index (χ1) is 7.09. The van der Waals surface area contributed by atoms with Gasteiger partial charge < -0.3 is 10.4 Å². The Kier molecular flexibility index (Phi) is 4.31. The van der Waals surface area contributed by atoms with Crippen molar-refractivity contribution in [1.82, 2.24) is 5.32 Å². The predicted octanol–water partition coefficient (Wildman–Crippen LogP) is 1.77. The molecule has 0 saturated carbocycles. The molecule has 0 aliphatic rings. The van der Waals surface area contributed by atoms with E-state index in [1.807, 2.05) is 6.07 Å². The summed E-state index contributed by atoms with van der Waals surface area (Å²) in [6.45, 7) is 4.86. The molecule has 0 bridgehead atoms. The minimum absolute atomic E-state index is 0.0240. The molecule has 0 amide bonds. The van der Waals surface area contributed by atoms with Crippen molar-refractivity contribution in [3.63, 3.8) is 0 Å². The van der Waals surface area contributed by atoms with E-state index >= 15 is 0 Å². The second-order valence-electron chi connectivity index (χ2n) is 3.84. The number of benzene rings is 1. The molecule has 1 aromatic rings. The largest absolute Gasteiger partial charge is 0.480 e. The van der Waals surface area contributed by atoms with Crippen LogP contribution in [0, 0.1) is 6.92 Å². The van der Waals surface area contributed by atoms with Gasteiger partial charge in [-0.15, -0.1) is 0 Å². The molecule has 0 radical (unpaired) electrons. The summed E-state index contributed by atoms with van der Waals surface area (Å²) >= 11 is 0. The van der Waals surface area contributed by atoms with E-state index in [-0.39, 0.29) is 6.54 Å². The minimum Gasteiger partial charge on any atom is -0.480 e. The molecule has 1 atom stereocenters. The molecule has 0 heterocycles. The zero-order valence-corrected chi connectivity index (χ0v) is 9.16. The SMILES string of the molecule is Cc1cccc(C(C)CNCC(=O)O)c1. The molecule has 0 aromatic heterocycles. The van der Waals surface area contributed by atoms with Crippen molar-refractivity contribution in [1.29, 1.82) is 0 Å². The Labute approximate surface area is 90.1 Å². The zero-order valence-electron chi connectivity index (χ0n) is 9.16. The molecule has 0 aliphatic carbocycles. The first-order valence-electron chi connectivity index (χ1n) is 5.08. The normalized spacial score (nSPS) is 12.4. The van der Waals surface area contributed by atoms with Crippen LogP contribution >= 0.6 is 0 Å². The third kappa shape index (κ3) is 4.13. The Morgan fingerprint density at radius 1 is 1.53 bits per heavy atom. The molecular formula is C12H17NO2. The van der Waals surface area contributed by atoms with Gasteiger partial charge >= 0.3 is 5.97 Å².